The summed E-state index contributed by atoms with van der Waals surface area (Å²) < 4.78 is 0. The molecule has 0 fully saturated rings. The molecule has 1 atom stereocenters. The summed E-state index contributed by atoms with van der Waals surface area (Å²) in [6.45, 7) is -0.557. The molecule has 0 saturated heterocycles. The molecule has 0 spiro atoms. The zero-order valence-electron chi connectivity index (χ0n) is 7.97. The molecule has 2 rings (SSSR count). The second kappa shape index (κ2) is 3.84. The van der Waals surface area contributed by atoms with Crippen molar-refractivity contribution >= 4 is 16.7 Å². The number of H-pyrrole nitrogens is 1. The van der Waals surface area contributed by atoms with Crippen LogP contribution in [0.1, 0.15) is 10.4 Å². The fourth-order valence-corrected chi connectivity index (χ4v) is 1.54. The summed E-state index contributed by atoms with van der Waals surface area (Å²) >= 11 is 0. The van der Waals surface area contributed by atoms with Gasteiger partial charge in [-0.1, -0.05) is 18.2 Å². The van der Waals surface area contributed by atoms with Gasteiger partial charge in [0.15, 0.2) is 5.78 Å². The van der Waals surface area contributed by atoms with Crippen molar-refractivity contribution < 1.29 is 15.0 Å². The van der Waals surface area contributed by atoms with Gasteiger partial charge in [-0.3, -0.25) is 4.79 Å². The highest BCUT2D eigenvalue weighted by Gasteiger charge is 2.19. The van der Waals surface area contributed by atoms with E-state index in [9.17, 15) is 9.90 Å². The van der Waals surface area contributed by atoms with E-state index in [1.54, 1.807) is 12.3 Å². The molecule has 0 saturated carbocycles. The number of hydrogen-bond acceptors (Lipinski definition) is 3. The van der Waals surface area contributed by atoms with Gasteiger partial charge in [0.2, 0.25) is 0 Å². The van der Waals surface area contributed by atoms with Gasteiger partial charge < -0.3 is 15.2 Å². The standard InChI is InChI=1S/C11H11NO3/c13-6-10(14)11(15)8-5-12-9-4-2-1-3-7(8)9/h1-5,10,12-14H,6H2. The molecule has 1 aromatic heterocycles. The number of benzene rings is 1. The number of aromatic amines is 1. The molecule has 1 unspecified atom stereocenters. The van der Waals surface area contributed by atoms with Crippen molar-refractivity contribution in [2.45, 2.75) is 6.10 Å². The van der Waals surface area contributed by atoms with E-state index in [-0.39, 0.29) is 0 Å². The number of aromatic nitrogens is 1. The maximum atomic E-state index is 11.6. The predicted molar refractivity (Wildman–Crippen MR) is 55.7 cm³/mol. The van der Waals surface area contributed by atoms with Crippen LogP contribution >= 0.6 is 0 Å². The largest absolute Gasteiger partial charge is 0.393 e. The van der Waals surface area contributed by atoms with Crippen molar-refractivity contribution in [1.82, 2.24) is 4.98 Å². The van der Waals surface area contributed by atoms with Gasteiger partial charge in [-0.2, -0.15) is 0 Å². The zero-order chi connectivity index (χ0) is 10.8. The zero-order valence-corrected chi connectivity index (χ0v) is 7.97. The summed E-state index contributed by atoms with van der Waals surface area (Å²) in [4.78, 5) is 14.6. The normalized spacial score (nSPS) is 12.9. The number of carbonyl (C=O) groups is 1. The third-order valence-corrected chi connectivity index (χ3v) is 2.33. The average molecular weight is 205 g/mol. The number of aliphatic hydroxyl groups is 2. The first-order chi connectivity index (χ1) is 7.24. The Balaban J connectivity index is 2.48. The van der Waals surface area contributed by atoms with Crippen LogP contribution in [-0.4, -0.2) is 33.7 Å². The van der Waals surface area contributed by atoms with Crippen LogP contribution in [0, 0.1) is 0 Å². The number of ketones is 1. The van der Waals surface area contributed by atoms with Crippen molar-refractivity contribution in [3.05, 3.63) is 36.0 Å². The first-order valence-electron chi connectivity index (χ1n) is 4.63. The van der Waals surface area contributed by atoms with Crippen LogP contribution in [-0.2, 0) is 0 Å². The summed E-state index contributed by atoms with van der Waals surface area (Å²) in [5.41, 5.74) is 1.25. The summed E-state index contributed by atoms with van der Waals surface area (Å²) in [6.07, 6.45) is 0.204. The number of carbonyl (C=O) groups excluding carboxylic acids is 1. The maximum Gasteiger partial charge on any atom is 0.195 e. The molecule has 2 aromatic rings. The van der Waals surface area contributed by atoms with Crippen LogP contribution in [0.25, 0.3) is 10.9 Å². The van der Waals surface area contributed by atoms with E-state index in [1.165, 1.54) is 0 Å². The van der Waals surface area contributed by atoms with Crippen LogP contribution in [0.3, 0.4) is 0 Å². The van der Waals surface area contributed by atoms with E-state index < -0.39 is 18.5 Å². The van der Waals surface area contributed by atoms with E-state index in [0.717, 1.165) is 10.9 Å². The molecule has 15 heavy (non-hydrogen) atoms. The third-order valence-electron chi connectivity index (χ3n) is 2.33. The number of aliphatic hydroxyl groups excluding tert-OH is 2. The van der Waals surface area contributed by atoms with E-state index in [2.05, 4.69) is 4.98 Å². The Kier molecular flexibility index (Phi) is 2.53. The van der Waals surface area contributed by atoms with Crippen molar-refractivity contribution in [2.24, 2.45) is 0 Å². The number of fused-ring (bicyclic) bond motifs is 1. The van der Waals surface area contributed by atoms with Crippen LogP contribution in [0.15, 0.2) is 30.5 Å². The fraction of sp³-hybridized carbons (Fsp3) is 0.182. The summed E-state index contributed by atoms with van der Waals surface area (Å²) in [5.74, 6) is -0.463. The van der Waals surface area contributed by atoms with Gasteiger partial charge in [0.05, 0.1) is 6.61 Å². The third kappa shape index (κ3) is 1.65. The van der Waals surface area contributed by atoms with Gasteiger partial charge >= 0.3 is 0 Å². The lowest BCUT2D eigenvalue weighted by Crippen LogP contribution is -2.23. The van der Waals surface area contributed by atoms with Crippen LogP contribution in [0.2, 0.25) is 0 Å². The molecule has 78 valence electrons. The van der Waals surface area contributed by atoms with Gasteiger partial charge in [0.1, 0.15) is 6.10 Å². The van der Waals surface area contributed by atoms with E-state index in [1.807, 2.05) is 18.2 Å². The topological polar surface area (TPSA) is 73.3 Å². The highest BCUT2D eigenvalue weighted by atomic mass is 16.3. The van der Waals surface area contributed by atoms with E-state index in [0.29, 0.717) is 5.56 Å². The molecule has 1 aromatic carbocycles. The first kappa shape index (κ1) is 9.89. The maximum absolute atomic E-state index is 11.6. The highest BCUT2D eigenvalue weighted by molar-refractivity contribution is 6.09. The second-order valence-electron chi connectivity index (χ2n) is 3.31. The fourth-order valence-electron chi connectivity index (χ4n) is 1.54. The van der Waals surface area contributed by atoms with Crippen LogP contribution in [0.4, 0.5) is 0 Å². The first-order valence-corrected chi connectivity index (χ1v) is 4.63. The van der Waals surface area contributed by atoms with Crippen molar-refractivity contribution in [3.63, 3.8) is 0 Å². The summed E-state index contributed by atoms with van der Waals surface area (Å²) in [5, 5.41) is 18.7. The van der Waals surface area contributed by atoms with E-state index in [4.69, 9.17) is 5.11 Å². The second-order valence-corrected chi connectivity index (χ2v) is 3.31. The van der Waals surface area contributed by atoms with E-state index >= 15 is 0 Å². The number of nitrogens with one attached hydrogen (secondary N) is 1. The molecule has 0 radical (unpaired) electrons. The number of rotatable bonds is 3. The SMILES string of the molecule is O=C(c1c[nH]c2ccccc12)C(O)CO. The molecule has 0 aliphatic rings. The Labute approximate surface area is 86.2 Å². The molecule has 3 N–H and O–H groups in total. The lowest BCUT2D eigenvalue weighted by molar-refractivity contribution is 0.0589. The van der Waals surface area contributed by atoms with Gasteiger partial charge in [-0.05, 0) is 6.07 Å². The minimum atomic E-state index is -1.34. The lowest BCUT2D eigenvalue weighted by atomic mass is 10.1. The molecular weight excluding hydrogens is 194 g/mol. The van der Waals surface area contributed by atoms with Gasteiger partial charge in [0.25, 0.3) is 0 Å². The number of Topliss-reactive ketones (excluding diaryl/α,β-unsaturated/α-hetero) is 1. The minimum Gasteiger partial charge on any atom is -0.393 e. The average Bonchev–Trinajstić information content (AvgIpc) is 2.70. The predicted octanol–water partition coefficient (Wildman–Crippen LogP) is 0.704. The summed E-state index contributed by atoms with van der Waals surface area (Å²) in [6, 6.07) is 7.31. The van der Waals surface area contributed by atoms with Crippen molar-refractivity contribution in [1.29, 1.82) is 0 Å². The molecule has 0 bridgehead atoms. The molecule has 0 amide bonds. The summed E-state index contributed by atoms with van der Waals surface area (Å²) in [7, 11) is 0. The smallest absolute Gasteiger partial charge is 0.195 e. The Morgan fingerprint density at radius 3 is 2.87 bits per heavy atom. The monoisotopic (exact) mass is 205 g/mol. The van der Waals surface area contributed by atoms with Crippen molar-refractivity contribution in [2.75, 3.05) is 6.61 Å². The Morgan fingerprint density at radius 1 is 1.40 bits per heavy atom. The van der Waals surface area contributed by atoms with Gasteiger partial charge in [-0.15, -0.1) is 0 Å². The van der Waals surface area contributed by atoms with Crippen LogP contribution < -0.4 is 0 Å². The van der Waals surface area contributed by atoms with Crippen molar-refractivity contribution in [3.8, 4) is 0 Å². The molecule has 1 heterocycles. The Hall–Kier alpha value is -1.65. The highest BCUT2D eigenvalue weighted by Crippen LogP contribution is 2.18. The molecule has 0 aliphatic heterocycles. The Bertz CT molecular complexity index is 489. The van der Waals surface area contributed by atoms with Gasteiger partial charge in [-0.25, -0.2) is 0 Å². The molecule has 0 aliphatic carbocycles. The van der Waals surface area contributed by atoms with Crippen LogP contribution in [0.5, 0.6) is 0 Å². The number of para-hydroxylation sites is 1. The Morgan fingerprint density at radius 2 is 2.13 bits per heavy atom. The lowest BCUT2D eigenvalue weighted by Gasteiger charge is -2.04. The van der Waals surface area contributed by atoms with Gasteiger partial charge in [0, 0.05) is 22.7 Å². The molecule has 4 heteroatoms. The number of hydrogen-bond donors (Lipinski definition) is 3. The quantitative estimate of drug-likeness (QED) is 0.646. The molecular formula is C11H11NO3. The molecule has 4 nitrogen and oxygen atoms in total. The minimum absolute atomic E-state index is 0.409.